The number of carbonyl (C=O) groups excluding carboxylic acids is 4. The first-order valence-corrected chi connectivity index (χ1v) is 12.4. The van der Waals surface area contributed by atoms with Crippen LogP contribution in [0.2, 0.25) is 5.02 Å². The third-order valence-corrected chi connectivity index (χ3v) is 7.70. The first-order chi connectivity index (χ1) is 19.6. The van der Waals surface area contributed by atoms with Crippen molar-refractivity contribution < 1.29 is 28.0 Å². The van der Waals surface area contributed by atoms with E-state index in [0.29, 0.717) is 0 Å². The Balaban J connectivity index is 1.81. The topological polar surface area (TPSA) is 95.6 Å². The number of piperidine rings is 1. The number of hydrogen-bond donors (Lipinski definition) is 2. The van der Waals surface area contributed by atoms with Gasteiger partial charge in [0.05, 0.1) is 31.4 Å². The SMILES string of the molecule is [B]c1c([B])c(C(F)(F)C(=O)NC([B])([B])c2c([B])c([B])c3c(c2[B])C([B])([B])N(C2CCC(=O)NC2=O)C3=O)c([B])c([B])c1Cl. The number of fused-ring (bicyclic) bond motifs is 1. The molecule has 21 heteroatoms. The Morgan fingerprint density at radius 2 is 1.40 bits per heavy atom. The molecule has 4 rings (SSSR count). The molecule has 1 unspecified atom stereocenters. The van der Waals surface area contributed by atoms with E-state index in [1.807, 2.05) is 0 Å². The average Bonchev–Trinajstić information content (AvgIpc) is 3.09. The lowest BCUT2D eigenvalue weighted by atomic mass is 9.48. The molecule has 2 aromatic carbocycles. The van der Waals surface area contributed by atoms with Gasteiger partial charge in [0.2, 0.25) is 11.8 Å². The second-order valence-corrected chi connectivity index (χ2v) is 10.5. The van der Waals surface area contributed by atoms with Gasteiger partial charge in [-0.25, -0.2) is 0 Å². The second kappa shape index (κ2) is 10.8. The second-order valence-electron chi connectivity index (χ2n) is 10.1. The highest BCUT2D eigenvalue weighted by molar-refractivity contribution is 6.64. The van der Waals surface area contributed by atoms with Crippen LogP contribution in [0.1, 0.15) is 39.9 Å². The van der Waals surface area contributed by atoms with E-state index in [4.69, 9.17) is 97.9 Å². The zero-order chi connectivity index (χ0) is 32.7. The maximum Gasteiger partial charge on any atom is 0.348 e. The van der Waals surface area contributed by atoms with Crippen molar-refractivity contribution in [3.05, 3.63) is 27.3 Å². The fraction of sp³-hybridized carbons (Fsp3) is 0.273. The lowest BCUT2D eigenvalue weighted by Gasteiger charge is -2.42. The van der Waals surface area contributed by atoms with Gasteiger partial charge in [-0.05, 0) is 22.7 Å². The summed E-state index contributed by atoms with van der Waals surface area (Å²) in [4.78, 5) is 51.3. The van der Waals surface area contributed by atoms with Crippen molar-refractivity contribution in [1.82, 2.24) is 15.5 Å². The normalized spacial score (nSPS) is 18.3. The first-order valence-electron chi connectivity index (χ1n) is 12.1. The minimum absolute atomic E-state index is 0.153. The lowest BCUT2D eigenvalue weighted by Crippen LogP contribution is -2.61. The van der Waals surface area contributed by atoms with E-state index in [2.05, 4.69) is 5.32 Å². The molecule has 4 amide bonds. The molecule has 22 radical (unpaired) electrons. The predicted molar refractivity (Wildman–Crippen MR) is 166 cm³/mol. The van der Waals surface area contributed by atoms with E-state index in [-0.39, 0.29) is 12.8 Å². The minimum Gasteiger partial charge on any atom is -0.358 e. The molecule has 1 saturated heterocycles. The Bertz CT molecular complexity index is 1630. The molecule has 1 fully saturated rings. The molecule has 0 aromatic heterocycles. The molecule has 43 heavy (non-hydrogen) atoms. The van der Waals surface area contributed by atoms with Gasteiger partial charge >= 0.3 is 5.92 Å². The largest absolute Gasteiger partial charge is 0.358 e. The van der Waals surface area contributed by atoms with Gasteiger partial charge in [0.15, 0.2) is 0 Å². The van der Waals surface area contributed by atoms with Crippen molar-refractivity contribution in [2.75, 3.05) is 0 Å². The lowest BCUT2D eigenvalue weighted by molar-refractivity contribution is -0.147. The van der Waals surface area contributed by atoms with Gasteiger partial charge < -0.3 is 10.2 Å². The zero-order valence-electron chi connectivity index (χ0n) is 22.1. The highest BCUT2D eigenvalue weighted by atomic mass is 35.5. The standard InChI is InChI=1S/C22H7B11ClF2N3O4/c23-9-5-6(22(32,33)39(18(5)42)3-1-2-4(40)37-17(3)41)10(24)8(13(9)27)21(30,31)38-19(43)20(35,36)7-11(25)14(28)16(34)15(29)12(7)26/h3H,1-2H2,(H,38,43)(H,37,40,41). The Hall–Kier alpha value is -2.62. The van der Waals surface area contributed by atoms with Crippen LogP contribution in [-0.2, 0) is 31.0 Å². The monoisotopic (exact) mass is 571 g/mol. The number of alkyl halides is 2. The van der Waals surface area contributed by atoms with Crippen LogP contribution in [0.15, 0.2) is 0 Å². The molecule has 2 aliphatic heterocycles. The summed E-state index contributed by atoms with van der Waals surface area (Å²) in [7, 11) is 65.8. The van der Waals surface area contributed by atoms with E-state index in [0.717, 1.165) is 4.90 Å². The van der Waals surface area contributed by atoms with Crippen LogP contribution < -0.4 is 48.9 Å². The van der Waals surface area contributed by atoms with Crippen molar-refractivity contribution in [3.63, 3.8) is 0 Å². The number of nitrogens with one attached hydrogen (secondary N) is 2. The van der Waals surface area contributed by atoms with Crippen LogP contribution in [0.25, 0.3) is 0 Å². The van der Waals surface area contributed by atoms with Gasteiger partial charge in [-0.1, -0.05) is 55.4 Å². The first kappa shape index (κ1) is 33.3. The van der Waals surface area contributed by atoms with Crippen molar-refractivity contribution in [1.29, 1.82) is 0 Å². The number of halogens is 3. The number of rotatable bonds is 5. The third-order valence-electron chi connectivity index (χ3n) is 7.30. The number of hydrogen-bond acceptors (Lipinski definition) is 4. The average molecular weight is 570 g/mol. The maximum atomic E-state index is 15.5. The van der Waals surface area contributed by atoms with Crippen LogP contribution in [-0.4, -0.2) is 121 Å². The fourth-order valence-electron chi connectivity index (χ4n) is 5.21. The van der Waals surface area contributed by atoms with E-state index in [9.17, 15) is 19.2 Å². The molecule has 0 bridgehead atoms. The minimum atomic E-state index is -4.58. The summed E-state index contributed by atoms with van der Waals surface area (Å²) in [6, 6.07) is -1.34. The van der Waals surface area contributed by atoms with Crippen LogP contribution in [0, 0.1) is 0 Å². The number of nitrogens with zero attached hydrogens (tertiary/aromatic N) is 1. The van der Waals surface area contributed by atoms with Crippen molar-refractivity contribution in [3.8, 4) is 0 Å². The highest BCUT2D eigenvalue weighted by Gasteiger charge is 2.51. The number of carbonyl (C=O) groups is 4. The summed E-state index contributed by atoms with van der Waals surface area (Å²) in [5.41, 5.74) is -7.45. The molecule has 2 heterocycles. The van der Waals surface area contributed by atoms with Crippen molar-refractivity contribution in [2.24, 2.45) is 0 Å². The third kappa shape index (κ3) is 4.96. The smallest absolute Gasteiger partial charge is 0.348 e. The molecule has 1 atom stereocenters. The van der Waals surface area contributed by atoms with Gasteiger partial charge in [-0.3, -0.25) is 24.5 Å². The van der Waals surface area contributed by atoms with E-state index in [1.54, 1.807) is 5.32 Å². The molecule has 2 aliphatic rings. The van der Waals surface area contributed by atoms with Gasteiger partial charge in [-0.2, -0.15) is 8.78 Å². The van der Waals surface area contributed by atoms with E-state index < -0.39 is 112 Å². The molecule has 2 aromatic rings. The Kier molecular flexibility index (Phi) is 8.34. The van der Waals surface area contributed by atoms with E-state index in [1.165, 1.54) is 0 Å². The number of benzene rings is 2. The summed E-state index contributed by atoms with van der Waals surface area (Å²) in [5, 5.41) is -1.90. The summed E-state index contributed by atoms with van der Waals surface area (Å²) in [5.74, 6) is -9.22. The molecule has 0 aliphatic carbocycles. The van der Waals surface area contributed by atoms with Gasteiger partial charge in [0.1, 0.15) is 61.0 Å². The summed E-state index contributed by atoms with van der Waals surface area (Å²) >= 11 is 5.86. The van der Waals surface area contributed by atoms with Crippen LogP contribution in [0.5, 0.6) is 0 Å². The Morgan fingerprint density at radius 1 is 0.884 bits per heavy atom. The Labute approximate surface area is 265 Å². The summed E-state index contributed by atoms with van der Waals surface area (Å²) < 4.78 is 31.1. The van der Waals surface area contributed by atoms with Gasteiger partial charge in [0.25, 0.3) is 11.8 Å². The number of amides is 4. The van der Waals surface area contributed by atoms with Crippen LogP contribution in [0.3, 0.4) is 0 Å². The Morgan fingerprint density at radius 3 is 1.91 bits per heavy atom. The summed E-state index contributed by atoms with van der Waals surface area (Å²) in [6.07, 6.45) is -0.308. The number of imide groups is 1. The van der Waals surface area contributed by atoms with E-state index >= 15 is 8.78 Å². The molecule has 0 spiro atoms. The summed E-state index contributed by atoms with van der Waals surface area (Å²) in [6.45, 7) is 0. The van der Waals surface area contributed by atoms with Gasteiger partial charge in [0, 0.05) is 22.6 Å². The van der Waals surface area contributed by atoms with Crippen LogP contribution in [0.4, 0.5) is 8.78 Å². The molecular weight excluding hydrogens is 563 g/mol. The molecule has 2 N–H and O–H groups in total. The zero-order valence-corrected chi connectivity index (χ0v) is 22.8. The van der Waals surface area contributed by atoms with Gasteiger partial charge in [-0.15, -0.1) is 0 Å². The molecule has 7 nitrogen and oxygen atoms in total. The van der Waals surface area contributed by atoms with Crippen LogP contribution >= 0.6 is 11.6 Å². The predicted octanol–water partition coefficient (Wildman–Crippen LogP) is -8.04. The maximum absolute atomic E-state index is 15.5. The quantitative estimate of drug-likeness (QED) is 0.276. The molecule has 188 valence electrons. The fourth-order valence-corrected chi connectivity index (χ4v) is 5.41. The van der Waals surface area contributed by atoms with Crippen molar-refractivity contribution >= 4 is 160 Å². The van der Waals surface area contributed by atoms with Crippen molar-refractivity contribution in [2.45, 2.75) is 35.5 Å². The molecular formula is C22H7B11ClF2N3O4. The highest BCUT2D eigenvalue weighted by Crippen LogP contribution is 2.37. The molecule has 0 saturated carbocycles.